The van der Waals surface area contributed by atoms with Gasteiger partial charge in [-0.05, 0) is 35.4 Å². The largest absolute Gasteiger partial charge is 0.347 e. The first kappa shape index (κ1) is 30.9. The van der Waals surface area contributed by atoms with Crippen LogP contribution in [0, 0.1) is 20.2 Å². The summed E-state index contributed by atoms with van der Waals surface area (Å²) in [5.41, 5.74) is 0.131. The molecule has 232 valence electrons. The average molecular weight is 625 g/mol. The van der Waals surface area contributed by atoms with E-state index in [0.29, 0.717) is 11.1 Å². The zero-order valence-corrected chi connectivity index (χ0v) is 23.8. The Hall–Kier alpha value is -6.58. The number of pyridine rings is 2. The number of amides is 4. The van der Waals surface area contributed by atoms with Crippen LogP contribution in [-0.2, 0) is 26.2 Å². The third kappa shape index (κ3) is 7.13. The zero-order valence-electron chi connectivity index (χ0n) is 23.8. The Labute approximate surface area is 259 Å². The van der Waals surface area contributed by atoms with Crippen molar-refractivity contribution in [1.82, 2.24) is 31.2 Å². The van der Waals surface area contributed by atoms with Crippen molar-refractivity contribution in [2.75, 3.05) is 0 Å². The molecule has 4 aliphatic rings. The molecular formula is C30H24N8O8. The van der Waals surface area contributed by atoms with Crippen LogP contribution in [-0.4, -0.2) is 43.4 Å². The molecule has 4 aromatic rings. The van der Waals surface area contributed by atoms with Crippen LogP contribution in [0.5, 0.6) is 0 Å². The van der Waals surface area contributed by atoms with Crippen molar-refractivity contribution >= 4 is 35.0 Å². The first-order valence-electron chi connectivity index (χ1n) is 13.7. The summed E-state index contributed by atoms with van der Waals surface area (Å²) in [6, 6.07) is 16.9. The smallest absolute Gasteiger partial charge is 0.274 e. The Morgan fingerprint density at radius 1 is 0.500 bits per heavy atom. The Morgan fingerprint density at radius 3 is 1.15 bits per heavy atom. The normalized spacial score (nSPS) is 14.1. The summed E-state index contributed by atoms with van der Waals surface area (Å²) in [5.74, 6) is -2.67. The third-order valence-electron chi connectivity index (χ3n) is 6.91. The van der Waals surface area contributed by atoms with Gasteiger partial charge in [-0.2, -0.15) is 0 Å². The van der Waals surface area contributed by atoms with Gasteiger partial charge < -0.3 is 21.3 Å². The molecule has 4 aliphatic heterocycles. The summed E-state index contributed by atoms with van der Waals surface area (Å²) in [6.45, 7) is -0.674. The summed E-state index contributed by atoms with van der Waals surface area (Å²) in [5, 5.41) is 33.9. The van der Waals surface area contributed by atoms with E-state index in [1.165, 1.54) is 60.7 Å². The number of hydrogen-bond donors (Lipinski definition) is 4. The fourth-order valence-corrected chi connectivity index (χ4v) is 4.53. The molecule has 0 atom stereocenters. The van der Waals surface area contributed by atoms with E-state index in [1.54, 1.807) is 12.1 Å². The molecule has 0 saturated heterocycles. The molecule has 16 heteroatoms. The van der Waals surface area contributed by atoms with E-state index in [9.17, 15) is 39.4 Å². The fraction of sp³-hybridized carbons (Fsp3) is 0.133. The maximum atomic E-state index is 12.8. The molecule has 0 radical (unpaired) electrons. The van der Waals surface area contributed by atoms with Gasteiger partial charge in [-0.3, -0.25) is 39.4 Å². The van der Waals surface area contributed by atoms with Crippen molar-refractivity contribution in [3.05, 3.63) is 138 Å². The number of carbonyl (C=O) groups excluding carboxylic acids is 4. The number of nitro benzene ring substituents is 2. The monoisotopic (exact) mass is 624 g/mol. The highest BCUT2D eigenvalue weighted by atomic mass is 16.6. The Balaban J connectivity index is 1.46. The fourth-order valence-electron chi connectivity index (χ4n) is 4.53. The van der Waals surface area contributed by atoms with Gasteiger partial charge >= 0.3 is 0 Å². The number of nitro groups is 2. The molecule has 0 spiro atoms. The predicted molar refractivity (Wildman–Crippen MR) is 159 cm³/mol. The molecule has 0 fully saturated rings. The number of aromatic nitrogens is 2. The van der Waals surface area contributed by atoms with Gasteiger partial charge in [-0.25, -0.2) is 9.97 Å². The molecule has 0 aliphatic carbocycles. The van der Waals surface area contributed by atoms with E-state index in [4.69, 9.17) is 0 Å². The van der Waals surface area contributed by atoms with Crippen LogP contribution in [0.15, 0.2) is 72.8 Å². The summed E-state index contributed by atoms with van der Waals surface area (Å²) in [4.78, 5) is 81.8. The van der Waals surface area contributed by atoms with Gasteiger partial charge in [-0.15, -0.1) is 0 Å². The lowest BCUT2D eigenvalue weighted by Gasteiger charge is -2.11. The molecule has 4 amide bonds. The average Bonchev–Trinajstić information content (AvgIpc) is 3.07. The maximum absolute atomic E-state index is 12.8. The molecule has 2 aromatic carbocycles. The van der Waals surface area contributed by atoms with Gasteiger partial charge in [0.05, 0.1) is 9.85 Å². The summed E-state index contributed by atoms with van der Waals surface area (Å²) >= 11 is 0. The second-order valence-electron chi connectivity index (χ2n) is 9.99. The quantitative estimate of drug-likeness (QED) is 0.188. The van der Waals surface area contributed by atoms with Crippen LogP contribution < -0.4 is 21.3 Å². The van der Waals surface area contributed by atoms with Gasteiger partial charge in [0.1, 0.15) is 22.8 Å². The zero-order chi connectivity index (χ0) is 32.8. The van der Waals surface area contributed by atoms with E-state index >= 15 is 0 Å². The Bertz CT molecular complexity index is 1770. The van der Waals surface area contributed by atoms with Crippen molar-refractivity contribution in [1.29, 1.82) is 0 Å². The standard InChI is InChI=1S/C30H24N8O8/c39-27-21-3-1-5-23(35-21)29(41)33-15-19-9-8-18(12-25(19)37(43)44)14-32-28(40)22-4-2-6-24(36-22)30(42)34-16-20-10-7-17(13-31-27)11-26(20)38(45)46/h1-12H,13-16H2,(H,31,39)(H,32,40)(H,33,41)(H,34,42). The molecule has 4 N–H and O–H groups in total. The SMILES string of the molecule is O=C1NCc2ccc(c([N+](=O)[O-])c2)CNC(=O)c2cccc(n2)C(=O)NCc2ccc(c([N+](=O)[O-])c2)CNC(=O)c2cccc1n2. The molecule has 2 aromatic heterocycles. The molecule has 8 bridgehead atoms. The van der Waals surface area contributed by atoms with Crippen LogP contribution >= 0.6 is 0 Å². The maximum Gasteiger partial charge on any atom is 0.274 e. The first-order valence-corrected chi connectivity index (χ1v) is 13.7. The molecule has 46 heavy (non-hydrogen) atoms. The Kier molecular flexibility index (Phi) is 8.97. The minimum absolute atomic E-state index is 0.0991. The Morgan fingerprint density at radius 2 is 0.826 bits per heavy atom. The van der Waals surface area contributed by atoms with Crippen LogP contribution in [0.1, 0.15) is 64.2 Å². The van der Waals surface area contributed by atoms with Crippen molar-refractivity contribution in [3.63, 3.8) is 0 Å². The lowest BCUT2D eigenvalue weighted by Crippen LogP contribution is -2.28. The van der Waals surface area contributed by atoms with Crippen LogP contribution in [0.2, 0.25) is 0 Å². The minimum atomic E-state index is -0.685. The van der Waals surface area contributed by atoms with Gasteiger partial charge in [-0.1, -0.05) is 36.4 Å². The molecule has 6 heterocycles. The molecule has 8 rings (SSSR count). The molecular weight excluding hydrogens is 600 g/mol. The highest BCUT2D eigenvalue weighted by Gasteiger charge is 2.20. The summed E-state index contributed by atoms with van der Waals surface area (Å²) in [6.07, 6.45) is 0. The third-order valence-corrected chi connectivity index (χ3v) is 6.91. The molecule has 0 saturated carbocycles. The van der Waals surface area contributed by atoms with Crippen LogP contribution in [0.3, 0.4) is 0 Å². The minimum Gasteiger partial charge on any atom is -0.347 e. The van der Waals surface area contributed by atoms with Gasteiger partial charge in [0.25, 0.3) is 35.0 Å². The van der Waals surface area contributed by atoms with Crippen LogP contribution in [0.4, 0.5) is 11.4 Å². The number of nitrogens with zero attached hydrogens (tertiary/aromatic N) is 4. The van der Waals surface area contributed by atoms with Crippen molar-refractivity contribution in [2.45, 2.75) is 26.2 Å². The van der Waals surface area contributed by atoms with Crippen LogP contribution in [0.25, 0.3) is 0 Å². The lowest BCUT2D eigenvalue weighted by atomic mass is 10.1. The van der Waals surface area contributed by atoms with E-state index in [0.717, 1.165) is 0 Å². The lowest BCUT2D eigenvalue weighted by molar-refractivity contribution is -0.385. The topological polar surface area (TPSA) is 228 Å². The summed E-state index contributed by atoms with van der Waals surface area (Å²) < 4.78 is 0. The van der Waals surface area contributed by atoms with E-state index in [2.05, 4.69) is 31.2 Å². The second-order valence-corrected chi connectivity index (χ2v) is 9.99. The van der Waals surface area contributed by atoms with E-state index in [1.807, 2.05) is 0 Å². The van der Waals surface area contributed by atoms with E-state index in [-0.39, 0.29) is 71.5 Å². The number of hydrogen-bond acceptors (Lipinski definition) is 10. The van der Waals surface area contributed by atoms with Crippen molar-refractivity contribution < 1.29 is 29.0 Å². The molecule has 16 nitrogen and oxygen atoms in total. The number of benzene rings is 2. The van der Waals surface area contributed by atoms with Crippen molar-refractivity contribution in [3.8, 4) is 0 Å². The van der Waals surface area contributed by atoms with Gasteiger partial charge in [0.15, 0.2) is 0 Å². The highest BCUT2D eigenvalue weighted by Crippen LogP contribution is 2.22. The van der Waals surface area contributed by atoms with Gasteiger partial charge in [0.2, 0.25) is 0 Å². The first-order chi connectivity index (χ1) is 22.1. The number of nitrogens with one attached hydrogen (secondary N) is 4. The molecule has 0 unspecified atom stereocenters. The van der Waals surface area contributed by atoms with Crippen molar-refractivity contribution in [2.24, 2.45) is 0 Å². The highest BCUT2D eigenvalue weighted by molar-refractivity contribution is 5.97. The van der Waals surface area contributed by atoms with Gasteiger partial charge in [0, 0.05) is 49.4 Å². The number of carbonyl (C=O) groups is 4. The number of rotatable bonds is 2. The second kappa shape index (κ2) is 13.4. The van der Waals surface area contributed by atoms with E-state index < -0.39 is 33.5 Å². The predicted octanol–water partition coefficient (Wildman–Crippen LogP) is 2.33. The summed E-state index contributed by atoms with van der Waals surface area (Å²) in [7, 11) is 0.